The third kappa shape index (κ3) is 4.58. The number of nitrogens with one attached hydrogen (secondary N) is 2. The molecule has 2 aromatic heterocycles. The van der Waals surface area contributed by atoms with E-state index in [1.807, 2.05) is 12.1 Å². The van der Waals surface area contributed by atoms with Crippen LogP contribution in [0.1, 0.15) is 11.1 Å². The lowest BCUT2D eigenvalue weighted by atomic mass is 10.1. The molecule has 0 amide bonds. The molecule has 2 N–H and O–H groups in total. The summed E-state index contributed by atoms with van der Waals surface area (Å²) in [7, 11) is 0. The lowest BCUT2D eigenvalue weighted by Gasteiger charge is -2.07. The second kappa shape index (κ2) is 9.15. The number of imidazole rings is 2. The molecular weight excluding hydrogens is 476 g/mol. The number of fused-ring (bicyclic) bond motifs is 2. The molecule has 10 nitrogen and oxygen atoms in total. The Bertz CT molecular complexity index is 1430. The number of hydrogen-bond donors (Lipinski definition) is 2. The van der Waals surface area contributed by atoms with E-state index >= 15 is 0 Å². The zero-order valence-electron chi connectivity index (χ0n) is 17.4. The van der Waals surface area contributed by atoms with E-state index in [1.165, 1.54) is 47.8 Å². The first-order valence-electron chi connectivity index (χ1n) is 10.1. The van der Waals surface area contributed by atoms with Gasteiger partial charge in [0, 0.05) is 35.8 Å². The first-order valence-corrected chi connectivity index (χ1v) is 12.0. The molecule has 12 heteroatoms. The summed E-state index contributed by atoms with van der Waals surface area (Å²) >= 11 is 3.05. The van der Waals surface area contributed by atoms with Gasteiger partial charge in [0.25, 0.3) is 11.4 Å². The maximum atomic E-state index is 11.0. The van der Waals surface area contributed by atoms with Crippen LogP contribution in [0.3, 0.4) is 0 Å². The molecule has 0 aliphatic rings. The molecule has 5 aromatic rings. The van der Waals surface area contributed by atoms with E-state index in [0.717, 1.165) is 11.1 Å². The summed E-state index contributed by atoms with van der Waals surface area (Å²) in [5.41, 5.74) is 4.95. The molecule has 170 valence electrons. The fraction of sp³-hybridized carbons (Fsp3) is 0.0909. The van der Waals surface area contributed by atoms with Crippen LogP contribution >= 0.6 is 23.5 Å². The van der Waals surface area contributed by atoms with Crippen LogP contribution in [0.25, 0.3) is 22.1 Å². The summed E-state index contributed by atoms with van der Waals surface area (Å²) in [6, 6.07) is 17.2. The number of nitro groups is 2. The van der Waals surface area contributed by atoms with Gasteiger partial charge in [0.15, 0.2) is 10.3 Å². The Morgan fingerprint density at radius 2 is 1.15 bits per heavy atom. The molecule has 0 unspecified atom stereocenters. The van der Waals surface area contributed by atoms with E-state index in [9.17, 15) is 20.2 Å². The number of rotatable bonds is 8. The van der Waals surface area contributed by atoms with Crippen molar-refractivity contribution in [3.8, 4) is 0 Å². The van der Waals surface area contributed by atoms with Crippen LogP contribution in [0.15, 0.2) is 71.0 Å². The van der Waals surface area contributed by atoms with E-state index < -0.39 is 9.85 Å². The molecule has 3 aromatic carbocycles. The third-order valence-electron chi connectivity index (χ3n) is 5.16. The van der Waals surface area contributed by atoms with Crippen LogP contribution in [-0.4, -0.2) is 29.8 Å². The van der Waals surface area contributed by atoms with Gasteiger partial charge in [-0.25, -0.2) is 9.97 Å². The van der Waals surface area contributed by atoms with Crippen LogP contribution in [-0.2, 0) is 11.5 Å². The Kier molecular flexibility index (Phi) is 5.90. The summed E-state index contributed by atoms with van der Waals surface area (Å²) in [6.07, 6.45) is 0. The highest BCUT2D eigenvalue weighted by Crippen LogP contribution is 2.30. The second-order valence-corrected chi connectivity index (χ2v) is 9.28. The Balaban J connectivity index is 1.28. The lowest BCUT2D eigenvalue weighted by molar-refractivity contribution is -0.384. The van der Waals surface area contributed by atoms with E-state index in [4.69, 9.17) is 0 Å². The lowest BCUT2D eigenvalue weighted by Crippen LogP contribution is -1.91. The van der Waals surface area contributed by atoms with Crippen LogP contribution in [0.4, 0.5) is 11.4 Å². The summed E-state index contributed by atoms with van der Waals surface area (Å²) in [5, 5.41) is 23.4. The number of non-ortho nitro benzene ring substituents is 2. The molecule has 0 radical (unpaired) electrons. The minimum Gasteiger partial charge on any atom is -0.333 e. The minimum absolute atomic E-state index is 0.0234. The maximum Gasteiger partial charge on any atom is 0.271 e. The molecule has 2 heterocycles. The van der Waals surface area contributed by atoms with Crippen molar-refractivity contribution in [2.75, 3.05) is 0 Å². The van der Waals surface area contributed by atoms with E-state index in [-0.39, 0.29) is 11.4 Å². The molecular formula is C22H16N6O4S2. The van der Waals surface area contributed by atoms with Gasteiger partial charge >= 0.3 is 0 Å². The molecule has 0 atom stereocenters. The minimum atomic E-state index is -0.426. The number of aromatic amines is 2. The molecule has 0 fully saturated rings. The molecule has 34 heavy (non-hydrogen) atoms. The predicted molar refractivity (Wildman–Crippen MR) is 131 cm³/mol. The van der Waals surface area contributed by atoms with Gasteiger partial charge in [-0.15, -0.1) is 0 Å². The quantitative estimate of drug-likeness (QED) is 0.156. The summed E-state index contributed by atoms with van der Waals surface area (Å²) in [6.45, 7) is 0. The van der Waals surface area contributed by atoms with Gasteiger partial charge in [-0.05, 0) is 23.3 Å². The van der Waals surface area contributed by atoms with Crippen molar-refractivity contribution in [3.63, 3.8) is 0 Å². The van der Waals surface area contributed by atoms with Crippen molar-refractivity contribution in [2.45, 2.75) is 21.8 Å². The average molecular weight is 493 g/mol. The average Bonchev–Trinajstić information content (AvgIpc) is 3.43. The highest BCUT2D eigenvalue weighted by molar-refractivity contribution is 7.98. The monoisotopic (exact) mass is 492 g/mol. The van der Waals surface area contributed by atoms with Gasteiger partial charge in [0.05, 0.1) is 31.9 Å². The molecule has 0 saturated heterocycles. The Morgan fingerprint density at radius 1 is 0.706 bits per heavy atom. The first kappa shape index (κ1) is 21.9. The number of nitrogens with zero attached hydrogens (tertiary/aromatic N) is 4. The Morgan fingerprint density at radius 3 is 1.56 bits per heavy atom. The smallest absolute Gasteiger partial charge is 0.271 e. The van der Waals surface area contributed by atoms with Crippen molar-refractivity contribution >= 4 is 57.0 Å². The van der Waals surface area contributed by atoms with Crippen molar-refractivity contribution in [1.82, 2.24) is 19.9 Å². The first-order chi connectivity index (χ1) is 16.5. The third-order valence-corrected chi connectivity index (χ3v) is 7.00. The SMILES string of the molecule is O=[N+]([O-])c1ccc2nc(SCc3ccccc3CSc3nc4ccc([N+](=O)[O-])cc4[nH]3)[nH]c2c1. The molecule has 0 spiro atoms. The number of H-pyrrole nitrogens is 2. The zero-order valence-corrected chi connectivity index (χ0v) is 19.1. The highest BCUT2D eigenvalue weighted by atomic mass is 32.2. The molecule has 0 aliphatic carbocycles. The van der Waals surface area contributed by atoms with Crippen molar-refractivity contribution in [3.05, 3.63) is 92.0 Å². The zero-order chi connectivity index (χ0) is 23.7. The molecule has 0 aliphatic heterocycles. The van der Waals surface area contributed by atoms with Crippen molar-refractivity contribution < 1.29 is 9.85 Å². The van der Waals surface area contributed by atoms with Gasteiger partial charge in [0.1, 0.15) is 0 Å². The number of aromatic nitrogens is 4. The number of thioether (sulfide) groups is 2. The fourth-order valence-electron chi connectivity index (χ4n) is 3.44. The van der Waals surface area contributed by atoms with Gasteiger partial charge in [-0.3, -0.25) is 20.2 Å². The van der Waals surface area contributed by atoms with Gasteiger partial charge in [-0.1, -0.05) is 47.8 Å². The Labute approximate surface area is 200 Å². The topological polar surface area (TPSA) is 144 Å². The van der Waals surface area contributed by atoms with Gasteiger partial charge in [-0.2, -0.15) is 0 Å². The van der Waals surface area contributed by atoms with Gasteiger partial charge in [0.2, 0.25) is 0 Å². The standard InChI is InChI=1S/C22H16N6O4S2/c29-27(30)15-5-7-17-19(9-15)25-21(23-17)33-11-13-3-1-2-4-14(13)12-34-22-24-18-8-6-16(28(31)32)10-20(18)26-22/h1-10H,11-12H2,(H,23,25)(H,24,26). The predicted octanol–water partition coefficient (Wildman–Crippen LogP) is 5.84. The van der Waals surface area contributed by atoms with E-state index in [1.54, 1.807) is 12.1 Å². The highest BCUT2D eigenvalue weighted by Gasteiger charge is 2.13. The summed E-state index contributed by atoms with van der Waals surface area (Å²) in [5.74, 6) is 1.34. The maximum absolute atomic E-state index is 11.0. The van der Waals surface area contributed by atoms with Crippen molar-refractivity contribution in [2.24, 2.45) is 0 Å². The second-order valence-electron chi connectivity index (χ2n) is 7.35. The number of benzene rings is 3. The van der Waals surface area contributed by atoms with Crippen LogP contribution < -0.4 is 0 Å². The Hall–Kier alpha value is -3.90. The summed E-state index contributed by atoms with van der Waals surface area (Å²) in [4.78, 5) is 36.4. The molecule has 5 rings (SSSR count). The van der Waals surface area contributed by atoms with Crippen LogP contribution in [0.5, 0.6) is 0 Å². The largest absolute Gasteiger partial charge is 0.333 e. The van der Waals surface area contributed by atoms with Gasteiger partial charge < -0.3 is 9.97 Å². The van der Waals surface area contributed by atoms with E-state index in [2.05, 4.69) is 32.1 Å². The fourth-order valence-corrected chi connectivity index (χ4v) is 5.28. The number of nitro benzene ring substituents is 2. The van der Waals surface area contributed by atoms with Crippen LogP contribution in [0, 0.1) is 20.2 Å². The van der Waals surface area contributed by atoms with E-state index in [0.29, 0.717) is 43.9 Å². The summed E-state index contributed by atoms with van der Waals surface area (Å²) < 4.78 is 0. The number of hydrogen-bond acceptors (Lipinski definition) is 8. The van der Waals surface area contributed by atoms with Crippen molar-refractivity contribution in [1.29, 1.82) is 0 Å². The molecule has 0 bridgehead atoms. The normalized spacial score (nSPS) is 11.3. The van der Waals surface area contributed by atoms with Crippen LogP contribution in [0.2, 0.25) is 0 Å². The molecule has 0 saturated carbocycles.